The summed E-state index contributed by atoms with van der Waals surface area (Å²) in [5, 5.41) is 7.93. The van der Waals surface area contributed by atoms with Crippen molar-refractivity contribution in [3.05, 3.63) is 47.9 Å². The van der Waals surface area contributed by atoms with Gasteiger partial charge in [-0.05, 0) is 61.7 Å². The Morgan fingerprint density at radius 1 is 1.06 bits per heavy atom. The molecular weight excluding hydrogens is 410 g/mol. The first-order valence-corrected chi connectivity index (χ1v) is 12.6. The number of carbonyl (C=O) groups excluding carboxylic acids is 1. The van der Waals surface area contributed by atoms with Gasteiger partial charge in [-0.1, -0.05) is 44.2 Å². The van der Waals surface area contributed by atoms with Crippen molar-refractivity contribution in [1.29, 1.82) is 0 Å². The third-order valence-corrected chi connectivity index (χ3v) is 10.0. The van der Waals surface area contributed by atoms with E-state index in [-0.39, 0.29) is 16.7 Å². The second-order valence-electron chi connectivity index (χ2n) is 11.4. The molecule has 170 valence electrons. The molecule has 1 N–H and O–H groups in total. The number of carbonyl (C=O) groups is 1. The van der Waals surface area contributed by atoms with Gasteiger partial charge in [-0.25, -0.2) is 4.98 Å². The van der Waals surface area contributed by atoms with Crippen LogP contribution in [0.3, 0.4) is 0 Å². The van der Waals surface area contributed by atoms with Gasteiger partial charge in [-0.3, -0.25) is 4.79 Å². The van der Waals surface area contributed by atoms with E-state index in [2.05, 4.69) is 59.6 Å². The number of amides is 1. The van der Waals surface area contributed by atoms with Crippen LogP contribution in [0.25, 0.3) is 17.0 Å². The Labute approximate surface area is 194 Å². The van der Waals surface area contributed by atoms with Crippen molar-refractivity contribution in [3.8, 4) is 11.3 Å². The molecule has 6 heteroatoms. The average molecular weight is 442 g/mol. The van der Waals surface area contributed by atoms with Gasteiger partial charge in [0.2, 0.25) is 5.91 Å². The summed E-state index contributed by atoms with van der Waals surface area (Å²) in [5.41, 5.74) is 5.29. The van der Waals surface area contributed by atoms with Crippen LogP contribution in [0.4, 0.5) is 0 Å². The molecule has 3 heterocycles. The Hall–Kier alpha value is -2.76. The van der Waals surface area contributed by atoms with Gasteiger partial charge < -0.3 is 5.32 Å². The predicted octanol–water partition coefficient (Wildman–Crippen LogP) is 4.33. The van der Waals surface area contributed by atoms with Crippen LogP contribution >= 0.6 is 0 Å². The van der Waals surface area contributed by atoms with E-state index in [1.807, 2.05) is 4.52 Å². The van der Waals surface area contributed by atoms with Gasteiger partial charge >= 0.3 is 0 Å². The monoisotopic (exact) mass is 441 g/mol. The van der Waals surface area contributed by atoms with Crippen LogP contribution in [0, 0.1) is 23.2 Å². The molecule has 7 rings (SSSR count). The first-order chi connectivity index (χ1) is 16.0. The van der Waals surface area contributed by atoms with Gasteiger partial charge in [-0.2, -0.15) is 14.6 Å². The molecule has 1 saturated heterocycles. The van der Waals surface area contributed by atoms with Crippen LogP contribution < -0.4 is 5.32 Å². The largest absolute Gasteiger partial charge is 0.353 e. The van der Waals surface area contributed by atoms with Crippen LogP contribution in [0.2, 0.25) is 0 Å². The van der Waals surface area contributed by atoms with Crippen LogP contribution in [-0.4, -0.2) is 31.5 Å². The molecule has 0 bridgehead atoms. The lowest BCUT2D eigenvalue weighted by Crippen LogP contribution is -2.61. The number of fused-ring (bicyclic) bond motifs is 8. The maximum Gasteiger partial charge on any atom is 0.252 e. The molecule has 3 unspecified atom stereocenters. The molecule has 0 radical (unpaired) electrons. The van der Waals surface area contributed by atoms with E-state index in [9.17, 15) is 4.79 Å². The van der Waals surface area contributed by atoms with Gasteiger partial charge in [-0.15, -0.1) is 0 Å². The molecule has 1 amide bonds. The van der Waals surface area contributed by atoms with Gasteiger partial charge in [0.05, 0.1) is 11.4 Å². The third-order valence-electron chi connectivity index (χ3n) is 10.0. The molecule has 1 aliphatic heterocycles. The maximum absolute atomic E-state index is 12.1. The standard InChI is InChI=1S/C27H31N5O/c1-26-13-11-22(33)30-21(26)9-8-17-19(26)10-12-27(2)20(17)14-18-23(16-6-4-3-5-7-16)32-25(28-15-29-32)31-24(18)27/h3-7,15,17,19-21H,8-14H2,1-2H3,(H,30,33)/t17?,19?,20?,21-,26-,27+/m1/s1. The molecule has 6 nitrogen and oxygen atoms in total. The number of nitrogens with zero attached hydrogens (tertiary/aromatic N) is 4. The van der Waals surface area contributed by atoms with Crippen LogP contribution in [0.1, 0.15) is 63.6 Å². The third kappa shape index (κ3) is 2.55. The molecular formula is C27H31N5O. The quantitative estimate of drug-likeness (QED) is 0.610. The van der Waals surface area contributed by atoms with Gasteiger partial charge in [0.1, 0.15) is 6.33 Å². The summed E-state index contributed by atoms with van der Waals surface area (Å²) >= 11 is 0. The molecule has 2 aromatic heterocycles. The highest BCUT2D eigenvalue weighted by Crippen LogP contribution is 2.63. The Morgan fingerprint density at radius 3 is 2.76 bits per heavy atom. The zero-order chi connectivity index (χ0) is 22.4. The van der Waals surface area contributed by atoms with Gasteiger partial charge in [0.25, 0.3) is 5.78 Å². The summed E-state index contributed by atoms with van der Waals surface area (Å²) in [6.45, 7) is 4.93. The predicted molar refractivity (Wildman–Crippen MR) is 125 cm³/mol. The molecule has 4 aliphatic rings. The summed E-state index contributed by atoms with van der Waals surface area (Å²) in [6.07, 6.45) is 9.10. The number of rotatable bonds is 1. The van der Waals surface area contributed by atoms with Crippen LogP contribution in [-0.2, 0) is 16.6 Å². The molecule has 3 aromatic rings. The van der Waals surface area contributed by atoms with E-state index < -0.39 is 0 Å². The van der Waals surface area contributed by atoms with E-state index in [4.69, 9.17) is 4.98 Å². The Balaban J connectivity index is 1.35. The fraction of sp³-hybridized carbons (Fsp3) is 0.556. The van der Waals surface area contributed by atoms with E-state index >= 15 is 0 Å². The van der Waals surface area contributed by atoms with Crippen molar-refractivity contribution in [3.63, 3.8) is 0 Å². The second kappa shape index (κ2) is 6.64. The first kappa shape index (κ1) is 19.7. The number of aromatic nitrogens is 4. The van der Waals surface area contributed by atoms with Crippen molar-refractivity contribution in [2.45, 2.75) is 70.3 Å². The smallest absolute Gasteiger partial charge is 0.252 e. The average Bonchev–Trinajstić information content (AvgIpc) is 3.41. The van der Waals surface area contributed by atoms with Crippen molar-refractivity contribution in [2.75, 3.05) is 0 Å². The minimum atomic E-state index is 0.0782. The summed E-state index contributed by atoms with van der Waals surface area (Å²) < 4.78 is 1.95. The van der Waals surface area contributed by atoms with E-state index in [0.29, 0.717) is 36.0 Å². The minimum absolute atomic E-state index is 0.0782. The van der Waals surface area contributed by atoms with E-state index in [1.165, 1.54) is 35.4 Å². The zero-order valence-electron chi connectivity index (χ0n) is 19.4. The summed E-state index contributed by atoms with van der Waals surface area (Å²) in [4.78, 5) is 21.8. The molecule has 6 atom stereocenters. The topological polar surface area (TPSA) is 72.2 Å². The minimum Gasteiger partial charge on any atom is -0.353 e. The first-order valence-electron chi connectivity index (χ1n) is 12.6. The Morgan fingerprint density at radius 2 is 1.91 bits per heavy atom. The molecule has 1 aromatic carbocycles. The van der Waals surface area contributed by atoms with Crippen molar-refractivity contribution < 1.29 is 4.79 Å². The lowest BCUT2D eigenvalue weighted by molar-refractivity contribution is -0.134. The van der Waals surface area contributed by atoms with E-state index in [0.717, 1.165) is 25.7 Å². The molecule has 0 spiro atoms. The number of benzene rings is 1. The molecule has 33 heavy (non-hydrogen) atoms. The molecule has 3 fully saturated rings. The highest BCUT2D eigenvalue weighted by molar-refractivity contribution is 5.77. The summed E-state index contributed by atoms with van der Waals surface area (Å²) in [6, 6.07) is 11.0. The van der Waals surface area contributed by atoms with Crippen molar-refractivity contribution >= 4 is 11.7 Å². The highest BCUT2D eigenvalue weighted by Gasteiger charge is 2.60. The summed E-state index contributed by atoms with van der Waals surface area (Å²) in [5.74, 6) is 2.90. The summed E-state index contributed by atoms with van der Waals surface area (Å²) in [7, 11) is 0. The number of hydrogen-bond donors (Lipinski definition) is 1. The fourth-order valence-corrected chi connectivity index (χ4v) is 8.35. The normalized spacial score (nSPS) is 37.1. The van der Waals surface area contributed by atoms with Crippen LogP contribution in [0.15, 0.2) is 36.7 Å². The van der Waals surface area contributed by atoms with Gasteiger partial charge in [0, 0.05) is 29.0 Å². The highest BCUT2D eigenvalue weighted by atomic mass is 16.1. The molecule has 3 aliphatic carbocycles. The van der Waals surface area contributed by atoms with Crippen LogP contribution in [0.5, 0.6) is 0 Å². The second-order valence-corrected chi connectivity index (χ2v) is 11.4. The number of nitrogens with one attached hydrogen (secondary N) is 1. The number of piperidine rings is 1. The van der Waals surface area contributed by atoms with E-state index in [1.54, 1.807) is 6.33 Å². The number of hydrogen-bond acceptors (Lipinski definition) is 4. The lowest BCUT2D eigenvalue weighted by atomic mass is 9.47. The SMILES string of the molecule is C[C@]12CCC3C(CC[C@H]4NC(=O)CC[C@]34C)C1Cc1c2nc2ncnn2c1-c1ccccc1. The molecule has 2 saturated carbocycles. The van der Waals surface area contributed by atoms with Crippen molar-refractivity contribution in [2.24, 2.45) is 23.2 Å². The Bertz CT molecular complexity index is 1270. The Kier molecular flexibility index (Phi) is 3.96. The maximum atomic E-state index is 12.1. The van der Waals surface area contributed by atoms with Crippen molar-refractivity contribution in [1.82, 2.24) is 24.9 Å². The zero-order valence-corrected chi connectivity index (χ0v) is 19.4. The lowest BCUT2D eigenvalue weighted by Gasteiger charge is -2.59. The fourth-order valence-electron chi connectivity index (χ4n) is 8.35. The van der Waals surface area contributed by atoms with Gasteiger partial charge in [0.15, 0.2) is 0 Å².